The molecule has 78 valence electrons. The summed E-state index contributed by atoms with van der Waals surface area (Å²) in [6.45, 7) is 2.78. The van der Waals surface area contributed by atoms with Gasteiger partial charge in [0, 0.05) is 6.61 Å². The van der Waals surface area contributed by atoms with Gasteiger partial charge in [-0.3, -0.25) is 0 Å². The summed E-state index contributed by atoms with van der Waals surface area (Å²) in [7, 11) is 0. The van der Waals surface area contributed by atoms with E-state index in [1.165, 1.54) is 24.4 Å². The molecule has 0 aromatic carbocycles. The first-order valence-corrected chi connectivity index (χ1v) is 6.76. The first-order chi connectivity index (χ1) is 6.77. The summed E-state index contributed by atoms with van der Waals surface area (Å²) >= 11 is 3.67. The van der Waals surface area contributed by atoms with E-state index in [1.807, 2.05) is 6.92 Å². The Morgan fingerprint density at radius 2 is 2.21 bits per heavy atom. The first-order valence-electron chi connectivity index (χ1n) is 4.90. The summed E-state index contributed by atoms with van der Waals surface area (Å²) in [6, 6.07) is 0. The third-order valence-electron chi connectivity index (χ3n) is 2.64. The van der Waals surface area contributed by atoms with Crippen LogP contribution in [0.15, 0.2) is 0 Å². The maximum atomic E-state index is 5.87. The minimum Gasteiger partial charge on any atom is -0.367 e. The molecule has 1 saturated carbocycles. The van der Waals surface area contributed by atoms with Crippen molar-refractivity contribution in [2.75, 3.05) is 6.61 Å². The summed E-state index contributed by atoms with van der Waals surface area (Å²) < 4.78 is 11.3. The maximum absolute atomic E-state index is 5.87. The van der Waals surface area contributed by atoms with Gasteiger partial charge < -0.3 is 4.74 Å². The highest BCUT2D eigenvalue weighted by Gasteiger charge is 2.39. The predicted molar refractivity (Wildman–Crippen MR) is 64.4 cm³/mol. The van der Waals surface area contributed by atoms with Gasteiger partial charge in [-0.25, -0.2) is 4.98 Å². The van der Waals surface area contributed by atoms with E-state index >= 15 is 0 Å². The van der Waals surface area contributed by atoms with E-state index < -0.39 is 0 Å². The Morgan fingerprint density at radius 3 is 2.71 bits per heavy atom. The van der Waals surface area contributed by atoms with Crippen molar-refractivity contribution in [2.24, 2.45) is 0 Å². The van der Waals surface area contributed by atoms with Gasteiger partial charge in [0.25, 0.3) is 0 Å². The molecule has 5 heteroatoms. The van der Waals surface area contributed by atoms with Crippen LogP contribution in [0.1, 0.15) is 38.4 Å². The SMILES string of the molecule is CCOC1(c2nsc(I)n2)CCCC1. The van der Waals surface area contributed by atoms with Crippen molar-refractivity contribution in [1.29, 1.82) is 0 Å². The molecule has 0 radical (unpaired) electrons. The summed E-state index contributed by atoms with van der Waals surface area (Å²) in [6.07, 6.45) is 4.62. The fourth-order valence-corrected chi connectivity index (χ4v) is 3.07. The van der Waals surface area contributed by atoms with E-state index in [9.17, 15) is 0 Å². The van der Waals surface area contributed by atoms with Gasteiger partial charge in [0.15, 0.2) is 8.84 Å². The third kappa shape index (κ3) is 1.94. The molecule has 0 atom stereocenters. The van der Waals surface area contributed by atoms with Gasteiger partial charge in [-0.1, -0.05) is 0 Å². The normalized spacial score (nSPS) is 20.1. The molecule has 1 fully saturated rings. The quantitative estimate of drug-likeness (QED) is 0.802. The molecule has 1 heterocycles. The molecule has 0 spiro atoms. The van der Waals surface area contributed by atoms with Crippen LogP contribution in [-0.2, 0) is 10.3 Å². The lowest BCUT2D eigenvalue weighted by Gasteiger charge is -2.25. The second kappa shape index (κ2) is 4.40. The van der Waals surface area contributed by atoms with Gasteiger partial charge in [-0.05, 0) is 66.7 Å². The average Bonchev–Trinajstić information content (AvgIpc) is 2.75. The van der Waals surface area contributed by atoms with Gasteiger partial charge in [0.2, 0.25) is 0 Å². The Kier molecular flexibility index (Phi) is 3.38. The lowest BCUT2D eigenvalue weighted by atomic mass is 10.0. The maximum Gasteiger partial charge on any atom is 0.175 e. The summed E-state index contributed by atoms with van der Waals surface area (Å²) in [5.41, 5.74) is -0.158. The van der Waals surface area contributed by atoms with Crippen LogP contribution in [0, 0.1) is 3.01 Å². The monoisotopic (exact) mass is 324 g/mol. The van der Waals surface area contributed by atoms with Crippen LogP contribution in [0.2, 0.25) is 0 Å². The molecular weight excluding hydrogens is 311 g/mol. The van der Waals surface area contributed by atoms with Crippen LogP contribution in [0.3, 0.4) is 0 Å². The minimum absolute atomic E-state index is 0.158. The van der Waals surface area contributed by atoms with Gasteiger partial charge in [-0.15, -0.1) is 0 Å². The average molecular weight is 324 g/mol. The second-order valence-electron chi connectivity index (χ2n) is 3.51. The Labute approximate surface area is 102 Å². The van der Waals surface area contributed by atoms with Crippen molar-refractivity contribution >= 4 is 34.1 Å². The molecule has 1 aromatic rings. The zero-order valence-corrected chi connectivity index (χ0v) is 11.1. The molecule has 2 rings (SSSR count). The predicted octanol–water partition coefficient (Wildman–Crippen LogP) is 2.95. The van der Waals surface area contributed by atoms with Crippen molar-refractivity contribution in [3.8, 4) is 0 Å². The molecule has 0 saturated heterocycles. The third-order valence-corrected chi connectivity index (χ3v) is 3.98. The number of aromatic nitrogens is 2. The van der Waals surface area contributed by atoms with Crippen molar-refractivity contribution in [1.82, 2.24) is 9.36 Å². The first kappa shape index (κ1) is 10.8. The van der Waals surface area contributed by atoms with Gasteiger partial charge in [-0.2, -0.15) is 4.37 Å². The molecule has 3 nitrogen and oxygen atoms in total. The Morgan fingerprint density at radius 1 is 1.50 bits per heavy atom. The largest absolute Gasteiger partial charge is 0.367 e. The van der Waals surface area contributed by atoms with E-state index in [0.717, 1.165) is 28.3 Å². The smallest absolute Gasteiger partial charge is 0.175 e. The van der Waals surface area contributed by atoms with Crippen molar-refractivity contribution in [3.63, 3.8) is 0 Å². The molecule has 1 aromatic heterocycles. The molecule has 1 aliphatic carbocycles. The summed E-state index contributed by atoms with van der Waals surface area (Å²) in [5.74, 6) is 0.909. The molecule has 14 heavy (non-hydrogen) atoms. The van der Waals surface area contributed by atoms with E-state index in [1.54, 1.807) is 0 Å². The van der Waals surface area contributed by atoms with Gasteiger partial charge in [0.1, 0.15) is 5.60 Å². The number of halogens is 1. The topological polar surface area (TPSA) is 35.0 Å². The van der Waals surface area contributed by atoms with Crippen LogP contribution in [0.4, 0.5) is 0 Å². The summed E-state index contributed by atoms with van der Waals surface area (Å²) in [4.78, 5) is 4.45. The van der Waals surface area contributed by atoms with Crippen LogP contribution in [-0.4, -0.2) is 16.0 Å². The minimum atomic E-state index is -0.158. The lowest BCUT2D eigenvalue weighted by molar-refractivity contribution is -0.0449. The Hall–Kier alpha value is 0.250. The zero-order chi connectivity index (χ0) is 10.0. The molecule has 0 unspecified atom stereocenters. The van der Waals surface area contributed by atoms with Crippen molar-refractivity contribution in [2.45, 2.75) is 38.2 Å². The lowest BCUT2D eigenvalue weighted by Crippen LogP contribution is -2.27. The number of rotatable bonds is 3. The molecular formula is C9H13IN2OS. The van der Waals surface area contributed by atoms with Gasteiger partial charge in [0.05, 0.1) is 0 Å². The van der Waals surface area contributed by atoms with Crippen LogP contribution >= 0.6 is 34.1 Å². The Balaban J connectivity index is 2.26. The van der Waals surface area contributed by atoms with E-state index in [-0.39, 0.29) is 5.60 Å². The van der Waals surface area contributed by atoms with E-state index in [2.05, 4.69) is 31.9 Å². The van der Waals surface area contributed by atoms with Crippen LogP contribution in [0.5, 0.6) is 0 Å². The fourth-order valence-electron chi connectivity index (χ4n) is 2.04. The highest BCUT2D eigenvalue weighted by atomic mass is 127. The molecule has 0 N–H and O–H groups in total. The molecule has 1 aliphatic rings. The molecule has 0 aliphatic heterocycles. The van der Waals surface area contributed by atoms with Crippen LogP contribution < -0.4 is 0 Å². The number of ether oxygens (including phenoxy) is 1. The Bertz CT molecular complexity index is 310. The number of nitrogens with zero attached hydrogens (tertiary/aromatic N) is 2. The second-order valence-corrected chi connectivity index (χ2v) is 6.01. The van der Waals surface area contributed by atoms with Crippen molar-refractivity contribution in [3.05, 3.63) is 8.84 Å². The fraction of sp³-hybridized carbons (Fsp3) is 0.778. The number of hydrogen-bond acceptors (Lipinski definition) is 4. The standard InChI is InChI=1S/C9H13IN2OS/c1-2-13-9(5-3-4-6-9)7-11-8(10)14-12-7/h2-6H2,1H3. The zero-order valence-electron chi connectivity index (χ0n) is 8.12. The van der Waals surface area contributed by atoms with E-state index in [0.29, 0.717) is 0 Å². The van der Waals surface area contributed by atoms with Gasteiger partial charge >= 0.3 is 0 Å². The molecule has 0 amide bonds. The van der Waals surface area contributed by atoms with Crippen molar-refractivity contribution < 1.29 is 4.74 Å². The highest BCUT2D eigenvalue weighted by Crippen LogP contribution is 2.41. The van der Waals surface area contributed by atoms with E-state index in [4.69, 9.17) is 4.74 Å². The highest BCUT2D eigenvalue weighted by molar-refractivity contribution is 14.1. The summed E-state index contributed by atoms with van der Waals surface area (Å²) in [5, 5.41) is 0. The molecule has 0 bridgehead atoms. The van der Waals surface area contributed by atoms with Crippen LogP contribution in [0.25, 0.3) is 0 Å². The number of hydrogen-bond donors (Lipinski definition) is 0.